The summed E-state index contributed by atoms with van der Waals surface area (Å²) in [5.74, 6) is 0.895. The Morgan fingerprint density at radius 3 is 2.24 bits per heavy atom. The summed E-state index contributed by atoms with van der Waals surface area (Å²) in [6, 6.07) is 16.9. The molecule has 3 nitrogen and oxygen atoms in total. The molecular formula is C22H28NO2+. The number of quaternary nitrogens is 1. The molecule has 0 unspecified atom stereocenters. The monoisotopic (exact) mass is 338 g/mol. The van der Waals surface area contributed by atoms with E-state index in [4.69, 9.17) is 4.74 Å². The van der Waals surface area contributed by atoms with Crippen LogP contribution in [-0.4, -0.2) is 32.0 Å². The zero-order chi connectivity index (χ0) is 17.3. The van der Waals surface area contributed by atoms with E-state index in [1.165, 1.54) is 45.3 Å². The Bertz CT molecular complexity index is 645. The highest BCUT2D eigenvalue weighted by Gasteiger charge is 2.12. The van der Waals surface area contributed by atoms with Gasteiger partial charge >= 0.3 is 0 Å². The standard InChI is InChI=1S/C22H27NO2/c24-22(19-9-3-1-4-10-19)20-11-13-21(14-12-20)25-18-8-7-17-23-15-5-2-6-16-23/h1,3-4,9-14H,2,5-8,15-18H2/p+1. The first-order valence-electron chi connectivity index (χ1n) is 9.49. The van der Waals surface area contributed by atoms with Crippen LogP contribution in [0.2, 0.25) is 0 Å². The first-order chi connectivity index (χ1) is 12.3. The first kappa shape index (κ1) is 17.7. The van der Waals surface area contributed by atoms with Crippen molar-refractivity contribution >= 4 is 5.78 Å². The fourth-order valence-corrected chi connectivity index (χ4v) is 3.43. The van der Waals surface area contributed by atoms with Crippen molar-refractivity contribution in [1.82, 2.24) is 0 Å². The van der Waals surface area contributed by atoms with Gasteiger partial charge in [-0.3, -0.25) is 4.79 Å². The lowest BCUT2D eigenvalue weighted by molar-refractivity contribution is -0.905. The Hall–Kier alpha value is -2.13. The predicted octanol–water partition coefficient (Wildman–Crippen LogP) is 3.15. The van der Waals surface area contributed by atoms with Gasteiger partial charge in [0.1, 0.15) is 5.75 Å². The molecule has 3 heteroatoms. The molecule has 0 atom stereocenters. The van der Waals surface area contributed by atoms with Crippen LogP contribution >= 0.6 is 0 Å². The van der Waals surface area contributed by atoms with Crippen molar-refractivity contribution in [1.29, 1.82) is 0 Å². The zero-order valence-corrected chi connectivity index (χ0v) is 14.9. The predicted molar refractivity (Wildman–Crippen MR) is 100 cm³/mol. The van der Waals surface area contributed by atoms with Gasteiger partial charge in [-0.15, -0.1) is 0 Å². The molecule has 3 rings (SSSR count). The number of nitrogens with one attached hydrogen (secondary N) is 1. The summed E-state index contributed by atoms with van der Waals surface area (Å²) >= 11 is 0. The third-order valence-electron chi connectivity index (χ3n) is 4.91. The van der Waals surface area contributed by atoms with Crippen molar-refractivity contribution in [3.63, 3.8) is 0 Å². The van der Waals surface area contributed by atoms with Gasteiger partial charge in [-0.05, 0) is 56.4 Å². The number of benzene rings is 2. The van der Waals surface area contributed by atoms with E-state index in [-0.39, 0.29) is 5.78 Å². The van der Waals surface area contributed by atoms with E-state index in [0.717, 1.165) is 24.3 Å². The molecule has 0 spiro atoms. The van der Waals surface area contributed by atoms with Crippen LogP contribution in [0.4, 0.5) is 0 Å². The van der Waals surface area contributed by atoms with Crippen LogP contribution in [0.5, 0.6) is 5.75 Å². The van der Waals surface area contributed by atoms with Gasteiger partial charge in [-0.25, -0.2) is 0 Å². The van der Waals surface area contributed by atoms with E-state index in [9.17, 15) is 4.79 Å². The summed E-state index contributed by atoms with van der Waals surface area (Å²) in [4.78, 5) is 14.1. The van der Waals surface area contributed by atoms with Gasteiger partial charge in [0, 0.05) is 11.1 Å². The van der Waals surface area contributed by atoms with Crippen molar-refractivity contribution in [2.75, 3.05) is 26.2 Å². The summed E-state index contributed by atoms with van der Waals surface area (Å²) in [5.41, 5.74) is 1.42. The highest BCUT2D eigenvalue weighted by Crippen LogP contribution is 2.15. The Balaban J connectivity index is 1.39. The number of hydrogen-bond acceptors (Lipinski definition) is 2. The van der Waals surface area contributed by atoms with E-state index in [0.29, 0.717) is 5.56 Å². The van der Waals surface area contributed by atoms with Crippen LogP contribution in [0.25, 0.3) is 0 Å². The molecule has 0 bridgehead atoms. The third kappa shape index (κ3) is 5.43. The highest BCUT2D eigenvalue weighted by molar-refractivity contribution is 6.08. The first-order valence-corrected chi connectivity index (χ1v) is 9.49. The molecule has 25 heavy (non-hydrogen) atoms. The SMILES string of the molecule is O=C(c1ccccc1)c1ccc(OCCCC[NH+]2CCCCC2)cc1. The van der Waals surface area contributed by atoms with Crippen LogP contribution in [0, 0.1) is 0 Å². The second kappa shape index (κ2) is 9.38. The van der Waals surface area contributed by atoms with Gasteiger partial charge in [-0.1, -0.05) is 30.3 Å². The molecule has 2 aromatic carbocycles. The molecule has 1 N–H and O–H groups in total. The quantitative estimate of drug-likeness (QED) is 0.592. The lowest BCUT2D eigenvalue weighted by Crippen LogP contribution is -3.12. The highest BCUT2D eigenvalue weighted by atomic mass is 16.5. The fourth-order valence-electron chi connectivity index (χ4n) is 3.43. The minimum atomic E-state index is 0.0525. The lowest BCUT2D eigenvalue weighted by atomic mass is 10.0. The van der Waals surface area contributed by atoms with E-state index < -0.39 is 0 Å². The number of carbonyl (C=O) groups is 1. The average Bonchev–Trinajstić information content (AvgIpc) is 2.69. The summed E-state index contributed by atoms with van der Waals surface area (Å²) in [7, 11) is 0. The van der Waals surface area contributed by atoms with Crippen LogP contribution < -0.4 is 9.64 Å². The van der Waals surface area contributed by atoms with E-state index in [1.807, 2.05) is 54.6 Å². The molecule has 0 radical (unpaired) electrons. The van der Waals surface area contributed by atoms with Gasteiger partial charge in [0.05, 0.1) is 26.2 Å². The number of rotatable bonds is 8. The fraction of sp³-hybridized carbons (Fsp3) is 0.409. The maximum Gasteiger partial charge on any atom is 0.193 e. The van der Waals surface area contributed by atoms with Crippen molar-refractivity contribution in [3.8, 4) is 5.75 Å². The minimum Gasteiger partial charge on any atom is -0.494 e. The number of likely N-dealkylation sites (tertiary alicyclic amines) is 1. The van der Waals surface area contributed by atoms with Crippen LogP contribution in [0.15, 0.2) is 54.6 Å². The summed E-state index contributed by atoms with van der Waals surface area (Å²) in [5, 5.41) is 0. The van der Waals surface area contributed by atoms with Gasteiger partial charge in [0.2, 0.25) is 0 Å². The Labute approximate surface area is 150 Å². The maximum atomic E-state index is 12.4. The molecule has 1 saturated heterocycles. The number of ketones is 1. The minimum absolute atomic E-state index is 0.0525. The molecular weight excluding hydrogens is 310 g/mol. The molecule has 2 aromatic rings. The summed E-state index contributed by atoms with van der Waals surface area (Å²) in [6.07, 6.45) is 6.50. The molecule has 1 heterocycles. The molecule has 132 valence electrons. The lowest BCUT2D eigenvalue weighted by Gasteiger charge is -2.23. The Morgan fingerprint density at radius 2 is 1.52 bits per heavy atom. The van der Waals surface area contributed by atoms with Gasteiger partial charge < -0.3 is 9.64 Å². The normalized spacial score (nSPS) is 15.0. The zero-order valence-electron chi connectivity index (χ0n) is 14.9. The second-order valence-corrected chi connectivity index (χ2v) is 6.84. The van der Waals surface area contributed by atoms with Gasteiger partial charge in [0.15, 0.2) is 5.78 Å². The summed E-state index contributed by atoms with van der Waals surface area (Å²) in [6.45, 7) is 4.71. The van der Waals surface area contributed by atoms with Crippen LogP contribution in [0.1, 0.15) is 48.0 Å². The maximum absolute atomic E-state index is 12.4. The molecule has 0 saturated carbocycles. The topological polar surface area (TPSA) is 30.7 Å². The molecule has 1 aliphatic rings. The average molecular weight is 338 g/mol. The molecule has 1 aliphatic heterocycles. The summed E-state index contributed by atoms with van der Waals surface area (Å²) < 4.78 is 5.82. The van der Waals surface area contributed by atoms with Gasteiger partial charge in [-0.2, -0.15) is 0 Å². The van der Waals surface area contributed by atoms with Crippen molar-refractivity contribution in [2.24, 2.45) is 0 Å². The van der Waals surface area contributed by atoms with E-state index >= 15 is 0 Å². The van der Waals surface area contributed by atoms with Crippen molar-refractivity contribution in [2.45, 2.75) is 32.1 Å². The Morgan fingerprint density at radius 1 is 0.840 bits per heavy atom. The number of carbonyl (C=O) groups excluding carboxylic acids is 1. The smallest absolute Gasteiger partial charge is 0.193 e. The van der Waals surface area contributed by atoms with Gasteiger partial charge in [0.25, 0.3) is 0 Å². The molecule has 0 aliphatic carbocycles. The Kier molecular flexibility index (Phi) is 6.63. The number of hydrogen-bond donors (Lipinski definition) is 1. The number of unbranched alkanes of at least 4 members (excludes halogenated alkanes) is 1. The van der Waals surface area contributed by atoms with Crippen molar-refractivity contribution in [3.05, 3.63) is 65.7 Å². The van der Waals surface area contributed by atoms with Crippen LogP contribution in [-0.2, 0) is 0 Å². The van der Waals surface area contributed by atoms with E-state index in [1.54, 1.807) is 4.90 Å². The largest absolute Gasteiger partial charge is 0.494 e. The van der Waals surface area contributed by atoms with E-state index in [2.05, 4.69) is 0 Å². The van der Waals surface area contributed by atoms with Crippen LogP contribution in [0.3, 0.4) is 0 Å². The molecule has 0 aromatic heterocycles. The third-order valence-corrected chi connectivity index (χ3v) is 4.91. The number of ether oxygens (including phenoxy) is 1. The van der Waals surface area contributed by atoms with Crippen molar-refractivity contribution < 1.29 is 14.4 Å². The molecule has 0 amide bonds. The number of piperidine rings is 1. The molecule has 1 fully saturated rings. The second-order valence-electron chi connectivity index (χ2n) is 6.84.